The Kier molecular flexibility index (Phi) is 5.27. The number of carbonyl (C=O) groups excluding carboxylic acids is 1. The fourth-order valence-corrected chi connectivity index (χ4v) is 1.83. The maximum absolute atomic E-state index is 13.0. The molecule has 0 aliphatic carbocycles. The smallest absolute Gasteiger partial charge is 0.253 e. The summed E-state index contributed by atoms with van der Waals surface area (Å²) >= 11 is 0. The molecule has 0 aliphatic heterocycles. The van der Waals surface area contributed by atoms with E-state index in [0.717, 1.165) is 6.07 Å². The maximum Gasteiger partial charge on any atom is 0.253 e. The molecule has 1 rings (SSSR count). The molecule has 100 valence electrons. The van der Waals surface area contributed by atoms with E-state index in [1.165, 1.54) is 12.1 Å². The Morgan fingerprint density at radius 3 is 2.83 bits per heavy atom. The normalized spacial score (nSPS) is 13.9. The average molecular weight is 272 g/mol. The van der Waals surface area contributed by atoms with E-state index < -0.39 is 22.5 Å². The van der Waals surface area contributed by atoms with Crippen molar-refractivity contribution in [3.8, 4) is 0 Å². The molecule has 6 heteroatoms. The quantitative estimate of drug-likeness (QED) is 0.793. The maximum atomic E-state index is 13.0. The summed E-state index contributed by atoms with van der Waals surface area (Å²) in [6.45, 7) is 2.23. The molecule has 18 heavy (non-hydrogen) atoms. The lowest BCUT2D eigenvalue weighted by Crippen LogP contribution is -2.28. The Bertz CT molecular complexity index is 465. The molecule has 1 aromatic carbocycles. The highest BCUT2D eigenvalue weighted by molar-refractivity contribution is 7.84. The minimum absolute atomic E-state index is 0.00940. The largest absolute Gasteiger partial charge is 0.398 e. The lowest BCUT2D eigenvalue weighted by atomic mass is 10.1. The molecule has 0 spiro atoms. The van der Waals surface area contributed by atoms with E-state index in [2.05, 4.69) is 5.32 Å². The van der Waals surface area contributed by atoms with Crippen LogP contribution in [0.3, 0.4) is 0 Å². The molecule has 0 saturated heterocycles. The Morgan fingerprint density at radius 2 is 2.22 bits per heavy atom. The highest BCUT2D eigenvalue weighted by Crippen LogP contribution is 2.13. The lowest BCUT2D eigenvalue weighted by molar-refractivity contribution is 0.0953. The standard InChI is InChI=1S/C12H17FN2O2S/c1-8(18(2)17)5-6-15-12(16)10-7-9(13)3-4-11(10)14/h3-4,7-8H,5-6,14H2,1-2H3,(H,15,16). The Hall–Kier alpha value is -1.43. The number of hydrogen-bond donors (Lipinski definition) is 2. The van der Waals surface area contributed by atoms with E-state index in [9.17, 15) is 13.4 Å². The van der Waals surface area contributed by atoms with Crippen LogP contribution in [0.4, 0.5) is 10.1 Å². The second-order valence-corrected chi connectivity index (χ2v) is 5.89. The molecule has 4 nitrogen and oxygen atoms in total. The van der Waals surface area contributed by atoms with Gasteiger partial charge >= 0.3 is 0 Å². The zero-order valence-electron chi connectivity index (χ0n) is 10.4. The zero-order valence-corrected chi connectivity index (χ0v) is 11.2. The van der Waals surface area contributed by atoms with Gasteiger partial charge in [0.2, 0.25) is 0 Å². The SMILES string of the molecule is CC(CCNC(=O)c1cc(F)ccc1N)S(C)=O. The minimum Gasteiger partial charge on any atom is -0.398 e. The number of carbonyl (C=O) groups is 1. The molecule has 3 N–H and O–H groups in total. The van der Waals surface area contributed by atoms with Gasteiger partial charge < -0.3 is 11.1 Å². The van der Waals surface area contributed by atoms with Crippen LogP contribution in [0.15, 0.2) is 18.2 Å². The molecule has 1 amide bonds. The van der Waals surface area contributed by atoms with E-state index in [0.29, 0.717) is 13.0 Å². The molecule has 0 aliphatic rings. The number of nitrogen functional groups attached to an aromatic ring is 1. The molecule has 2 unspecified atom stereocenters. The molecule has 0 aromatic heterocycles. The molecule has 0 fully saturated rings. The summed E-state index contributed by atoms with van der Waals surface area (Å²) in [5.41, 5.74) is 5.96. The van der Waals surface area contributed by atoms with Crippen molar-refractivity contribution in [3.63, 3.8) is 0 Å². The summed E-state index contributed by atoms with van der Waals surface area (Å²) in [7, 11) is -0.914. The first-order valence-corrected chi connectivity index (χ1v) is 7.19. The lowest BCUT2D eigenvalue weighted by Gasteiger charge is -2.10. The summed E-state index contributed by atoms with van der Waals surface area (Å²) in [6, 6.07) is 3.66. The second kappa shape index (κ2) is 6.49. The van der Waals surface area contributed by atoms with Crippen molar-refractivity contribution >= 4 is 22.4 Å². The molecule has 2 atom stereocenters. The van der Waals surface area contributed by atoms with Gasteiger partial charge in [0, 0.05) is 34.5 Å². The van der Waals surface area contributed by atoms with Crippen molar-refractivity contribution in [2.24, 2.45) is 0 Å². The van der Waals surface area contributed by atoms with Crippen LogP contribution in [-0.4, -0.2) is 28.2 Å². The van der Waals surface area contributed by atoms with Gasteiger partial charge in [0.05, 0.1) is 5.56 Å². The third-order valence-electron chi connectivity index (χ3n) is 2.66. The van der Waals surface area contributed by atoms with Gasteiger partial charge in [0.15, 0.2) is 0 Å². The topological polar surface area (TPSA) is 72.2 Å². The van der Waals surface area contributed by atoms with E-state index in [1.807, 2.05) is 6.92 Å². The van der Waals surface area contributed by atoms with Gasteiger partial charge in [-0.25, -0.2) is 4.39 Å². The molecule has 0 heterocycles. The monoisotopic (exact) mass is 272 g/mol. The number of hydrogen-bond acceptors (Lipinski definition) is 3. The number of nitrogens with two attached hydrogens (primary N) is 1. The Morgan fingerprint density at radius 1 is 1.56 bits per heavy atom. The number of halogens is 1. The number of nitrogens with one attached hydrogen (secondary N) is 1. The van der Waals surface area contributed by atoms with Gasteiger partial charge in [-0.15, -0.1) is 0 Å². The van der Waals surface area contributed by atoms with Crippen molar-refractivity contribution in [2.45, 2.75) is 18.6 Å². The van der Waals surface area contributed by atoms with Crippen LogP contribution < -0.4 is 11.1 Å². The summed E-state index contributed by atoms with van der Waals surface area (Å²) in [4.78, 5) is 11.7. The predicted molar refractivity (Wildman–Crippen MR) is 71.3 cm³/mol. The fraction of sp³-hybridized carbons (Fsp3) is 0.417. The Labute approximate surface area is 108 Å². The average Bonchev–Trinajstić information content (AvgIpc) is 2.31. The minimum atomic E-state index is -0.914. The van der Waals surface area contributed by atoms with Gasteiger partial charge in [0.25, 0.3) is 5.91 Å². The number of rotatable bonds is 5. The number of amides is 1. The number of anilines is 1. The van der Waals surface area contributed by atoms with Crippen LogP contribution in [0.2, 0.25) is 0 Å². The highest BCUT2D eigenvalue weighted by atomic mass is 32.2. The highest BCUT2D eigenvalue weighted by Gasteiger charge is 2.11. The number of benzene rings is 1. The van der Waals surface area contributed by atoms with Crippen LogP contribution in [-0.2, 0) is 10.8 Å². The summed E-state index contributed by atoms with van der Waals surface area (Å²) in [5.74, 6) is -0.918. The molecular weight excluding hydrogens is 255 g/mol. The Balaban J connectivity index is 2.55. The molecule has 0 saturated carbocycles. The second-order valence-electron chi connectivity index (χ2n) is 4.09. The first-order valence-electron chi connectivity index (χ1n) is 5.57. The van der Waals surface area contributed by atoms with Crippen molar-refractivity contribution < 1.29 is 13.4 Å². The van der Waals surface area contributed by atoms with E-state index in [-0.39, 0.29) is 16.5 Å². The van der Waals surface area contributed by atoms with Gasteiger partial charge in [-0.3, -0.25) is 9.00 Å². The summed E-state index contributed by atoms with van der Waals surface area (Å²) < 4.78 is 24.1. The molecule has 0 radical (unpaired) electrons. The molecule has 0 bridgehead atoms. The predicted octanol–water partition coefficient (Wildman–Crippen LogP) is 1.29. The third kappa shape index (κ3) is 4.10. The fourth-order valence-electron chi connectivity index (χ4n) is 1.38. The van der Waals surface area contributed by atoms with Crippen molar-refractivity contribution in [2.75, 3.05) is 18.5 Å². The van der Waals surface area contributed by atoms with Gasteiger partial charge in [-0.1, -0.05) is 6.92 Å². The zero-order chi connectivity index (χ0) is 13.7. The van der Waals surface area contributed by atoms with E-state index in [4.69, 9.17) is 5.73 Å². The first kappa shape index (κ1) is 14.6. The van der Waals surface area contributed by atoms with Crippen LogP contribution >= 0.6 is 0 Å². The van der Waals surface area contributed by atoms with Crippen molar-refractivity contribution in [1.82, 2.24) is 5.32 Å². The van der Waals surface area contributed by atoms with E-state index in [1.54, 1.807) is 6.26 Å². The van der Waals surface area contributed by atoms with Crippen LogP contribution in [0.25, 0.3) is 0 Å². The van der Waals surface area contributed by atoms with Gasteiger partial charge in [0.1, 0.15) is 5.82 Å². The first-order chi connectivity index (χ1) is 8.41. The molecule has 1 aromatic rings. The molecular formula is C12H17FN2O2S. The van der Waals surface area contributed by atoms with Crippen molar-refractivity contribution in [1.29, 1.82) is 0 Å². The van der Waals surface area contributed by atoms with Gasteiger partial charge in [-0.05, 0) is 24.6 Å². The van der Waals surface area contributed by atoms with Crippen molar-refractivity contribution in [3.05, 3.63) is 29.6 Å². The third-order valence-corrected chi connectivity index (χ3v) is 4.03. The van der Waals surface area contributed by atoms with Gasteiger partial charge in [-0.2, -0.15) is 0 Å². The van der Waals surface area contributed by atoms with Crippen LogP contribution in [0, 0.1) is 5.82 Å². The summed E-state index contributed by atoms with van der Waals surface area (Å²) in [6.07, 6.45) is 2.22. The van der Waals surface area contributed by atoms with E-state index >= 15 is 0 Å². The van der Waals surface area contributed by atoms with Crippen LogP contribution in [0.5, 0.6) is 0 Å². The summed E-state index contributed by atoms with van der Waals surface area (Å²) in [5, 5.41) is 2.64. The van der Waals surface area contributed by atoms with Crippen LogP contribution in [0.1, 0.15) is 23.7 Å².